The summed E-state index contributed by atoms with van der Waals surface area (Å²) in [5, 5.41) is 6.22. The molecule has 0 aromatic heterocycles. The van der Waals surface area contributed by atoms with Crippen molar-refractivity contribution in [1.82, 2.24) is 10.7 Å². The molecule has 0 aliphatic carbocycles. The molecule has 2 amide bonds. The summed E-state index contributed by atoms with van der Waals surface area (Å²) < 4.78 is 19.0. The summed E-state index contributed by atoms with van der Waals surface area (Å²) in [6.45, 7) is -0.293. The number of esters is 1. The Hall–Kier alpha value is -3.85. The second kappa shape index (κ2) is 11.0. The molecular formula is C23H17BrFN3O4. The van der Waals surface area contributed by atoms with Crippen LogP contribution >= 0.6 is 15.9 Å². The topological polar surface area (TPSA) is 96.9 Å². The summed E-state index contributed by atoms with van der Waals surface area (Å²) >= 11 is 3.31. The molecule has 162 valence electrons. The van der Waals surface area contributed by atoms with Crippen LogP contribution in [0.2, 0.25) is 0 Å². The third kappa shape index (κ3) is 6.85. The maximum absolute atomic E-state index is 12.9. The van der Waals surface area contributed by atoms with Gasteiger partial charge in [0.1, 0.15) is 11.6 Å². The molecule has 0 unspecified atom stereocenters. The molecule has 0 bridgehead atoms. The van der Waals surface area contributed by atoms with E-state index in [9.17, 15) is 18.8 Å². The van der Waals surface area contributed by atoms with Crippen molar-refractivity contribution < 1.29 is 23.5 Å². The summed E-state index contributed by atoms with van der Waals surface area (Å²) in [6, 6.07) is 18.3. The third-order valence-electron chi connectivity index (χ3n) is 4.09. The van der Waals surface area contributed by atoms with E-state index in [0.717, 1.165) is 16.6 Å². The van der Waals surface area contributed by atoms with Gasteiger partial charge in [-0.15, -0.1) is 0 Å². The molecule has 0 radical (unpaired) electrons. The molecule has 0 fully saturated rings. The zero-order chi connectivity index (χ0) is 22.9. The highest BCUT2D eigenvalue weighted by molar-refractivity contribution is 9.10. The Labute approximate surface area is 191 Å². The summed E-state index contributed by atoms with van der Waals surface area (Å²) in [5.41, 5.74) is 3.61. The second-order valence-electron chi connectivity index (χ2n) is 6.45. The normalized spacial score (nSPS) is 10.6. The Morgan fingerprint density at radius 1 is 0.906 bits per heavy atom. The molecule has 0 heterocycles. The fourth-order valence-electron chi connectivity index (χ4n) is 2.46. The van der Waals surface area contributed by atoms with Gasteiger partial charge in [0.05, 0.1) is 18.3 Å². The van der Waals surface area contributed by atoms with Crippen LogP contribution in [-0.2, 0) is 4.79 Å². The molecule has 0 spiro atoms. The quantitative estimate of drug-likeness (QED) is 0.225. The Kier molecular flexibility index (Phi) is 7.82. The minimum absolute atomic E-state index is 0.239. The number of nitrogens with zero attached hydrogens (tertiary/aromatic N) is 1. The standard InChI is InChI=1S/C23H17BrFN3O4/c24-18-7-3-17(4-8-18)23(31)32-20-11-1-15(2-12-20)13-27-28-21(29)14-26-22(30)16-5-9-19(25)10-6-16/h1-13H,14H2,(H,26,30)(H,28,29). The summed E-state index contributed by atoms with van der Waals surface area (Å²) in [7, 11) is 0. The van der Waals surface area contributed by atoms with Crippen LogP contribution in [0.3, 0.4) is 0 Å². The van der Waals surface area contributed by atoms with Crippen molar-refractivity contribution >= 4 is 39.9 Å². The predicted molar refractivity (Wildman–Crippen MR) is 120 cm³/mol. The molecule has 2 N–H and O–H groups in total. The van der Waals surface area contributed by atoms with Gasteiger partial charge in [-0.2, -0.15) is 5.10 Å². The molecule has 3 aromatic carbocycles. The SMILES string of the molecule is O=C(CNC(=O)c1ccc(F)cc1)NN=Cc1ccc(OC(=O)c2ccc(Br)cc2)cc1. The number of hydrazone groups is 1. The monoisotopic (exact) mass is 497 g/mol. The molecule has 0 aliphatic rings. The van der Waals surface area contributed by atoms with Gasteiger partial charge in [-0.05, 0) is 78.4 Å². The molecular weight excluding hydrogens is 481 g/mol. The number of ether oxygens (including phenoxy) is 1. The van der Waals surface area contributed by atoms with Gasteiger partial charge in [-0.3, -0.25) is 9.59 Å². The lowest BCUT2D eigenvalue weighted by Gasteiger charge is -2.05. The molecule has 0 saturated heterocycles. The lowest BCUT2D eigenvalue weighted by Crippen LogP contribution is -2.34. The van der Waals surface area contributed by atoms with Crippen LogP contribution in [0.1, 0.15) is 26.3 Å². The van der Waals surface area contributed by atoms with Gasteiger partial charge in [-0.1, -0.05) is 15.9 Å². The number of nitrogens with one attached hydrogen (secondary N) is 2. The van der Waals surface area contributed by atoms with Gasteiger partial charge in [-0.25, -0.2) is 14.6 Å². The fraction of sp³-hybridized carbons (Fsp3) is 0.0435. The van der Waals surface area contributed by atoms with E-state index in [4.69, 9.17) is 4.74 Å². The lowest BCUT2D eigenvalue weighted by atomic mass is 10.2. The van der Waals surface area contributed by atoms with Crippen molar-refractivity contribution in [3.05, 3.63) is 99.8 Å². The van der Waals surface area contributed by atoms with Gasteiger partial charge in [0.25, 0.3) is 11.8 Å². The number of rotatable bonds is 7. The van der Waals surface area contributed by atoms with Crippen LogP contribution in [0, 0.1) is 5.82 Å². The first-order chi connectivity index (χ1) is 15.4. The average Bonchev–Trinajstić information content (AvgIpc) is 2.79. The van der Waals surface area contributed by atoms with Crippen molar-refractivity contribution in [2.24, 2.45) is 5.10 Å². The van der Waals surface area contributed by atoms with E-state index in [2.05, 4.69) is 31.8 Å². The van der Waals surface area contributed by atoms with Crippen LogP contribution in [0.15, 0.2) is 82.4 Å². The van der Waals surface area contributed by atoms with E-state index in [1.54, 1.807) is 48.5 Å². The summed E-state index contributed by atoms with van der Waals surface area (Å²) in [5.74, 6) is -1.60. The Morgan fingerprint density at radius 2 is 1.53 bits per heavy atom. The molecule has 7 nitrogen and oxygen atoms in total. The maximum Gasteiger partial charge on any atom is 0.343 e. The minimum atomic E-state index is -0.531. The van der Waals surface area contributed by atoms with Crippen LogP contribution < -0.4 is 15.5 Å². The Bertz CT molecular complexity index is 1130. The van der Waals surface area contributed by atoms with Crippen LogP contribution in [0.25, 0.3) is 0 Å². The summed E-state index contributed by atoms with van der Waals surface area (Å²) in [4.78, 5) is 35.8. The van der Waals surface area contributed by atoms with E-state index >= 15 is 0 Å². The van der Waals surface area contributed by atoms with Crippen molar-refractivity contribution in [3.63, 3.8) is 0 Å². The first kappa shape index (κ1) is 22.8. The van der Waals surface area contributed by atoms with Gasteiger partial charge >= 0.3 is 5.97 Å². The minimum Gasteiger partial charge on any atom is -0.423 e. The van der Waals surface area contributed by atoms with Gasteiger partial charge in [0.15, 0.2) is 0 Å². The van der Waals surface area contributed by atoms with Crippen molar-refractivity contribution in [3.8, 4) is 5.75 Å². The van der Waals surface area contributed by atoms with E-state index < -0.39 is 23.6 Å². The molecule has 0 saturated carbocycles. The number of carbonyl (C=O) groups is 3. The first-order valence-corrected chi connectivity index (χ1v) is 10.1. The number of halogens is 2. The number of carbonyl (C=O) groups excluding carboxylic acids is 3. The van der Waals surface area contributed by atoms with E-state index in [1.165, 1.54) is 18.3 Å². The molecule has 3 aromatic rings. The Balaban J connectivity index is 1.44. The number of amides is 2. The van der Waals surface area contributed by atoms with Crippen LogP contribution in [0.5, 0.6) is 5.75 Å². The molecule has 3 rings (SSSR count). The van der Waals surface area contributed by atoms with Gasteiger partial charge < -0.3 is 10.1 Å². The summed E-state index contributed by atoms with van der Waals surface area (Å²) in [6.07, 6.45) is 1.40. The average molecular weight is 498 g/mol. The highest BCUT2D eigenvalue weighted by atomic mass is 79.9. The fourth-order valence-corrected chi connectivity index (χ4v) is 2.72. The zero-order valence-corrected chi connectivity index (χ0v) is 18.1. The van der Waals surface area contributed by atoms with E-state index in [1.807, 2.05) is 0 Å². The zero-order valence-electron chi connectivity index (χ0n) is 16.5. The van der Waals surface area contributed by atoms with Crippen molar-refractivity contribution in [2.45, 2.75) is 0 Å². The molecule has 0 atom stereocenters. The van der Waals surface area contributed by atoms with Gasteiger partial charge in [0.2, 0.25) is 0 Å². The highest BCUT2D eigenvalue weighted by Gasteiger charge is 2.09. The van der Waals surface area contributed by atoms with Crippen LogP contribution in [0.4, 0.5) is 4.39 Å². The van der Waals surface area contributed by atoms with Crippen molar-refractivity contribution in [1.29, 1.82) is 0 Å². The number of benzene rings is 3. The third-order valence-corrected chi connectivity index (χ3v) is 4.62. The molecule has 0 aliphatic heterocycles. The van der Waals surface area contributed by atoms with E-state index in [-0.39, 0.29) is 12.1 Å². The number of hydrogen-bond acceptors (Lipinski definition) is 5. The lowest BCUT2D eigenvalue weighted by molar-refractivity contribution is -0.120. The van der Waals surface area contributed by atoms with Crippen LogP contribution in [-0.4, -0.2) is 30.5 Å². The number of hydrogen-bond donors (Lipinski definition) is 2. The Morgan fingerprint density at radius 3 is 2.19 bits per heavy atom. The van der Waals surface area contributed by atoms with Gasteiger partial charge in [0, 0.05) is 10.0 Å². The largest absolute Gasteiger partial charge is 0.423 e. The molecule has 32 heavy (non-hydrogen) atoms. The second-order valence-corrected chi connectivity index (χ2v) is 7.36. The maximum atomic E-state index is 12.9. The highest BCUT2D eigenvalue weighted by Crippen LogP contribution is 2.15. The van der Waals surface area contributed by atoms with E-state index in [0.29, 0.717) is 16.9 Å². The first-order valence-electron chi connectivity index (χ1n) is 9.34. The molecule has 9 heteroatoms. The predicted octanol–water partition coefficient (Wildman–Crippen LogP) is 3.69. The smallest absolute Gasteiger partial charge is 0.343 e. The van der Waals surface area contributed by atoms with Crippen molar-refractivity contribution in [2.75, 3.05) is 6.54 Å².